The summed E-state index contributed by atoms with van der Waals surface area (Å²) in [4.78, 5) is 0. The molecule has 1 aliphatic carbocycles. The van der Waals surface area contributed by atoms with Crippen LogP contribution < -0.4 is 0 Å². The Hall–Kier alpha value is -2.10. The zero-order valence-corrected chi connectivity index (χ0v) is 10.2. The van der Waals surface area contributed by atoms with Gasteiger partial charge in [-0.2, -0.15) is 5.10 Å². The molecule has 2 aromatic rings. The Morgan fingerprint density at radius 2 is 2.06 bits per heavy atom. The van der Waals surface area contributed by atoms with Gasteiger partial charge in [-0.25, -0.2) is 0 Å². The van der Waals surface area contributed by atoms with Crippen LogP contribution in [0.15, 0.2) is 35.5 Å². The molecule has 0 bridgehead atoms. The maximum Gasteiger partial charge on any atom is 0.0910 e. The van der Waals surface area contributed by atoms with Crippen molar-refractivity contribution < 1.29 is 5.21 Å². The Morgan fingerprint density at radius 1 is 1.28 bits per heavy atom. The average Bonchev–Trinajstić information content (AvgIpc) is 2.81. The smallest absolute Gasteiger partial charge is 0.0910 e. The molecule has 0 saturated heterocycles. The summed E-state index contributed by atoms with van der Waals surface area (Å²) >= 11 is 0. The highest BCUT2D eigenvalue weighted by Crippen LogP contribution is 2.33. The minimum absolute atomic E-state index is 0.340. The van der Waals surface area contributed by atoms with Crippen LogP contribution in [-0.4, -0.2) is 21.1 Å². The Labute approximate surface area is 105 Å². The molecule has 1 heterocycles. The molecule has 1 aromatic carbocycles. The van der Waals surface area contributed by atoms with Crippen LogP contribution >= 0.6 is 0 Å². The second-order valence-corrected chi connectivity index (χ2v) is 4.73. The second-order valence-electron chi connectivity index (χ2n) is 4.73. The van der Waals surface area contributed by atoms with E-state index in [1.54, 1.807) is 0 Å². The fourth-order valence-corrected chi connectivity index (χ4v) is 2.70. The Morgan fingerprint density at radius 3 is 2.78 bits per heavy atom. The topological polar surface area (TPSA) is 61.3 Å². The first-order chi connectivity index (χ1) is 8.79. The first kappa shape index (κ1) is 11.0. The van der Waals surface area contributed by atoms with E-state index in [4.69, 9.17) is 0 Å². The van der Waals surface area contributed by atoms with E-state index >= 15 is 0 Å². The van der Waals surface area contributed by atoms with E-state index in [0.717, 1.165) is 35.5 Å². The summed E-state index contributed by atoms with van der Waals surface area (Å²) in [5, 5.41) is 19.9. The molecule has 2 N–H and O–H groups in total. The lowest BCUT2D eigenvalue weighted by molar-refractivity contribution is 0.317. The minimum atomic E-state index is 0.340. The first-order valence-electron chi connectivity index (χ1n) is 6.09. The molecular formula is C14H15N3O. The third-order valence-electron chi connectivity index (χ3n) is 3.58. The summed E-state index contributed by atoms with van der Waals surface area (Å²) in [5.74, 6) is 0.340. The van der Waals surface area contributed by atoms with Gasteiger partial charge in [0.2, 0.25) is 0 Å². The molecular weight excluding hydrogens is 226 g/mol. The van der Waals surface area contributed by atoms with E-state index < -0.39 is 0 Å². The number of nitrogens with zero attached hydrogens (tertiary/aromatic N) is 2. The number of H-pyrrole nitrogens is 1. The number of fused-ring (bicyclic) bond motifs is 1. The van der Waals surface area contributed by atoms with Crippen molar-refractivity contribution in [3.05, 3.63) is 52.8 Å². The fourth-order valence-electron chi connectivity index (χ4n) is 2.70. The molecule has 0 aliphatic heterocycles. The standard InChI is InChI=1S/C14H15N3O/c1-9-14-12(16-15-9)7-11(8-13(14)17-18)10-5-3-2-4-6-10/h2-6,11,18H,7-8H2,1H3,(H,15,16)/b17-13-. The maximum absolute atomic E-state index is 9.19. The molecule has 0 amide bonds. The van der Waals surface area contributed by atoms with Gasteiger partial charge in [0, 0.05) is 17.7 Å². The van der Waals surface area contributed by atoms with Crippen molar-refractivity contribution in [3.8, 4) is 0 Å². The van der Waals surface area contributed by atoms with E-state index in [1.807, 2.05) is 25.1 Å². The summed E-state index contributed by atoms with van der Waals surface area (Å²) in [6.07, 6.45) is 1.65. The quantitative estimate of drug-likeness (QED) is 0.595. The minimum Gasteiger partial charge on any atom is -0.411 e. The van der Waals surface area contributed by atoms with Crippen LogP contribution in [0.2, 0.25) is 0 Å². The van der Waals surface area contributed by atoms with Crippen molar-refractivity contribution in [1.29, 1.82) is 0 Å². The SMILES string of the molecule is Cc1[nH]nc2c1/C(=N\O)CC(c1ccccc1)C2. The Balaban J connectivity index is 2.01. The zero-order valence-electron chi connectivity index (χ0n) is 10.2. The molecule has 1 aliphatic rings. The Kier molecular flexibility index (Phi) is 2.63. The number of hydrogen-bond acceptors (Lipinski definition) is 3. The highest BCUT2D eigenvalue weighted by atomic mass is 16.4. The van der Waals surface area contributed by atoms with E-state index in [1.165, 1.54) is 5.56 Å². The van der Waals surface area contributed by atoms with E-state index in [9.17, 15) is 5.21 Å². The molecule has 1 aromatic heterocycles. The van der Waals surface area contributed by atoms with Crippen LogP contribution in [0.25, 0.3) is 0 Å². The second kappa shape index (κ2) is 4.29. The van der Waals surface area contributed by atoms with Crippen LogP contribution in [0.4, 0.5) is 0 Å². The van der Waals surface area contributed by atoms with Gasteiger partial charge in [0.25, 0.3) is 0 Å². The van der Waals surface area contributed by atoms with Crippen molar-refractivity contribution >= 4 is 5.71 Å². The molecule has 3 rings (SSSR count). The van der Waals surface area contributed by atoms with E-state index in [-0.39, 0.29) is 0 Å². The molecule has 1 unspecified atom stereocenters. The predicted molar refractivity (Wildman–Crippen MR) is 69.2 cm³/mol. The van der Waals surface area contributed by atoms with Gasteiger partial charge in [0.1, 0.15) is 0 Å². The van der Waals surface area contributed by atoms with Gasteiger partial charge in [0.15, 0.2) is 0 Å². The summed E-state index contributed by atoms with van der Waals surface area (Å²) in [6.45, 7) is 1.96. The van der Waals surface area contributed by atoms with Gasteiger partial charge in [-0.1, -0.05) is 35.5 Å². The fraction of sp³-hybridized carbons (Fsp3) is 0.286. The van der Waals surface area contributed by atoms with Crippen molar-refractivity contribution in [1.82, 2.24) is 10.2 Å². The van der Waals surface area contributed by atoms with Gasteiger partial charge in [0.05, 0.1) is 11.4 Å². The van der Waals surface area contributed by atoms with Crippen LogP contribution in [0, 0.1) is 6.92 Å². The highest BCUT2D eigenvalue weighted by molar-refractivity contribution is 6.03. The van der Waals surface area contributed by atoms with Gasteiger partial charge < -0.3 is 5.21 Å². The molecule has 0 radical (unpaired) electrons. The lowest BCUT2D eigenvalue weighted by atomic mass is 9.81. The van der Waals surface area contributed by atoms with Crippen LogP contribution in [0.3, 0.4) is 0 Å². The molecule has 0 fully saturated rings. The number of aromatic nitrogens is 2. The Bertz CT molecular complexity index is 586. The largest absolute Gasteiger partial charge is 0.411 e. The third kappa shape index (κ3) is 1.70. The van der Waals surface area contributed by atoms with E-state index in [2.05, 4.69) is 27.5 Å². The van der Waals surface area contributed by atoms with Crippen LogP contribution in [0.5, 0.6) is 0 Å². The lowest BCUT2D eigenvalue weighted by Gasteiger charge is -2.22. The predicted octanol–water partition coefficient (Wildman–Crippen LogP) is 2.63. The average molecular weight is 241 g/mol. The summed E-state index contributed by atoms with van der Waals surface area (Å²) < 4.78 is 0. The molecule has 1 atom stereocenters. The molecule has 0 saturated carbocycles. The van der Waals surface area contributed by atoms with Crippen molar-refractivity contribution in [2.24, 2.45) is 5.16 Å². The molecule has 18 heavy (non-hydrogen) atoms. The van der Waals surface area contributed by atoms with Crippen LogP contribution in [0.1, 0.15) is 34.9 Å². The number of rotatable bonds is 1. The number of hydrogen-bond donors (Lipinski definition) is 2. The van der Waals surface area contributed by atoms with Crippen molar-refractivity contribution in [2.75, 3.05) is 0 Å². The third-order valence-corrected chi connectivity index (χ3v) is 3.58. The number of aromatic amines is 1. The monoisotopic (exact) mass is 241 g/mol. The van der Waals surface area contributed by atoms with Gasteiger partial charge in [-0.05, 0) is 24.8 Å². The number of benzene rings is 1. The van der Waals surface area contributed by atoms with E-state index in [0.29, 0.717) is 5.92 Å². The lowest BCUT2D eigenvalue weighted by Crippen LogP contribution is -2.19. The number of nitrogens with one attached hydrogen (secondary N) is 1. The summed E-state index contributed by atoms with van der Waals surface area (Å²) in [6, 6.07) is 10.3. The molecule has 0 spiro atoms. The van der Waals surface area contributed by atoms with Crippen molar-refractivity contribution in [3.63, 3.8) is 0 Å². The van der Waals surface area contributed by atoms with Gasteiger partial charge >= 0.3 is 0 Å². The number of aryl methyl sites for hydroxylation is 1. The first-order valence-corrected chi connectivity index (χ1v) is 6.09. The molecule has 4 heteroatoms. The van der Waals surface area contributed by atoms with Gasteiger partial charge in [-0.3, -0.25) is 5.10 Å². The maximum atomic E-state index is 9.19. The van der Waals surface area contributed by atoms with Crippen molar-refractivity contribution in [2.45, 2.75) is 25.7 Å². The van der Waals surface area contributed by atoms with Crippen LogP contribution in [-0.2, 0) is 6.42 Å². The normalized spacial score (nSPS) is 20.9. The summed E-state index contributed by atoms with van der Waals surface area (Å²) in [5.41, 5.74) is 4.97. The zero-order chi connectivity index (χ0) is 12.5. The molecule has 4 nitrogen and oxygen atoms in total. The highest BCUT2D eigenvalue weighted by Gasteiger charge is 2.28. The van der Waals surface area contributed by atoms with Gasteiger partial charge in [-0.15, -0.1) is 0 Å². The summed E-state index contributed by atoms with van der Waals surface area (Å²) in [7, 11) is 0. The molecule has 92 valence electrons. The number of oxime groups is 1.